The Hall–Kier alpha value is -0.650. The van der Waals surface area contributed by atoms with E-state index in [1.807, 2.05) is 0 Å². The lowest BCUT2D eigenvalue weighted by Crippen LogP contribution is -2.47. The van der Waals surface area contributed by atoms with E-state index in [0.717, 1.165) is 0 Å². The zero-order valence-corrected chi connectivity index (χ0v) is 7.75. The average molecular weight is 200 g/mol. The summed E-state index contributed by atoms with van der Waals surface area (Å²) in [5.41, 5.74) is 0. The zero-order valence-electron chi connectivity index (χ0n) is 7.75. The molecule has 0 spiro atoms. The number of aliphatic hydroxyl groups is 1. The number of carbonyl (C=O) groups is 1. The summed E-state index contributed by atoms with van der Waals surface area (Å²) in [6.45, 7) is 0.400. The molecule has 3 aliphatic heterocycles. The van der Waals surface area contributed by atoms with Gasteiger partial charge in [-0.25, -0.2) is 0 Å². The fourth-order valence-corrected chi connectivity index (χ4v) is 2.87. The van der Waals surface area contributed by atoms with Crippen molar-refractivity contribution < 1.29 is 24.1 Å². The van der Waals surface area contributed by atoms with Crippen LogP contribution < -0.4 is 0 Å². The number of fused-ring (bicyclic) bond motifs is 5. The molecule has 3 saturated heterocycles. The molecule has 0 unspecified atom stereocenters. The fraction of sp³-hybridized carbons (Fsp3) is 0.889. The van der Waals surface area contributed by atoms with Gasteiger partial charge in [0.25, 0.3) is 0 Å². The highest BCUT2D eigenvalue weighted by atomic mass is 16.6. The van der Waals surface area contributed by atoms with Crippen molar-refractivity contribution in [3.05, 3.63) is 0 Å². The first-order chi connectivity index (χ1) is 6.74. The highest BCUT2D eigenvalue weighted by Gasteiger charge is 2.65. The Morgan fingerprint density at radius 3 is 3.00 bits per heavy atom. The third kappa shape index (κ3) is 0.827. The first-order valence-corrected chi connectivity index (χ1v) is 4.77. The minimum Gasteiger partial charge on any atom is -0.465 e. The van der Waals surface area contributed by atoms with Crippen molar-refractivity contribution in [2.75, 3.05) is 13.7 Å². The molecule has 5 nitrogen and oxygen atoms in total. The van der Waals surface area contributed by atoms with E-state index < -0.39 is 12.2 Å². The maximum Gasteiger partial charge on any atom is 0.312 e. The van der Waals surface area contributed by atoms with Gasteiger partial charge in [-0.15, -0.1) is 0 Å². The monoisotopic (exact) mass is 200 g/mol. The first kappa shape index (κ1) is 8.64. The Labute approximate surface area is 80.9 Å². The van der Waals surface area contributed by atoms with Gasteiger partial charge in [-0.05, 0) is 0 Å². The van der Waals surface area contributed by atoms with Gasteiger partial charge in [0.15, 0.2) is 0 Å². The molecule has 3 rings (SSSR count). The molecule has 14 heavy (non-hydrogen) atoms. The first-order valence-electron chi connectivity index (χ1n) is 4.77. The van der Waals surface area contributed by atoms with Crippen molar-refractivity contribution in [2.45, 2.75) is 24.4 Å². The standard InChI is InChI=1S/C9H12O5/c1-12-8-5(10)7-4-3(6(8)14-7)2-13-9(4)11/h3-8,10H,2H2,1H3/t3-,4+,5+,6-,7-,8+/m0/s1. The molecule has 3 aliphatic rings. The van der Waals surface area contributed by atoms with Gasteiger partial charge in [0.1, 0.15) is 18.3 Å². The number of esters is 1. The number of rotatable bonds is 1. The molecular formula is C9H12O5. The minimum atomic E-state index is -0.697. The van der Waals surface area contributed by atoms with Crippen LogP contribution in [-0.2, 0) is 19.0 Å². The topological polar surface area (TPSA) is 65.0 Å². The predicted octanol–water partition coefficient (Wildman–Crippen LogP) is -1.07. The molecular weight excluding hydrogens is 188 g/mol. The van der Waals surface area contributed by atoms with Crippen molar-refractivity contribution in [1.29, 1.82) is 0 Å². The number of methoxy groups -OCH3 is 1. The molecule has 0 aliphatic carbocycles. The molecule has 0 aromatic heterocycles. The van der Waals surface area contributed by atoms with Crippen LogP contribution in [0.3, 0.4) is 0 Å². The van der Waals surface area contributed by atoms with Crippen LogP contribution in [0.4, 0.5) is 0 Å². The minimum absolute atomic E-state index is 0.0702. The van der Waals surface area contributed by atoms with Gasteiger partial charge < -0.3 is 19.3 Å². The molecule has 3 heterocycles. The van der Waals surface area contributed by atoms with Crippen LogP contribution in [0.15, 0.2) is 0 Å². The van der Waals surface area contributed by atoms with Gasteiger partial charge in [0.2, 0.25) is 0 Å². The van der Waals surface area contributed by atoms with Crippen LogP contribution in [0.25, 0.3) is 0 Å². The molecule has 0 aromatic carbocycles. The summed E-state index contributed by atoms with van der Waals surface area (Å²) in [5.74, 6) is -0.446. The lowest BCUT2D eigenvalue weighted by Gasteiger charge is -2.28. The molecule has 6 atom stereocenters. The zero-order chi connectivity index (χ0) is 9.87. The number of cyclic esters (lactones) is 1. The van der Waals surface area contributed by atoms with Crippen molar-refractivity contribution >= 4 is 5.97 Å². The van der Waals surface area contributed by atoms with Crippen LogP contribution in [0.1, 0.15) is 0 Å². The number of carbonyl (C=O) groups excluding carboxylic acids is 1. The molecule has 5 heteroatoms. The number of hydrogen-bond acceptors (Lipinski definition) is 5. The van der Waals surface area contributed by atoms with Gasteiger partial charge >= 0.3 is 5.97 Å². The molecule has 78 valence electrons. The number of aliphatic hydroxyl groups excluding tert-OH is 1. The largest absolute Gasteiger partial charge is 0.465 e. The van der Waals surface area contributed by atoms with E-state index in [0.29, 0.717) is 6.61 Å². The highest BCUT2D eigenvalue weighted by molar-refractivity contribution is 5.76. The highest BCUT2D eigenvalue weighted by Crippen LogP contribution is 2.47. The van der Waals surface area contributed by atoms with Crippen LogP contribution in [0.2, 0.25) is 0 Å². The third-order valence-corrected chi connectivity index (χ3v) is 3.51. The van der Waals surface area contributed by atoms with Crippen molar-refractivity contribution in [3.8, 4) is 0 Å². The van der Waals surface area contributed by atoms with Crippen molar-refractivity contribution in [3.63, 3.8) is 0 Å². The molecule has 0 aromatic rings. The van der Waals surface area contributed by atoms with Gasteiger partial charge in [-0.1, -0.05) is 0 Å². The maximum atomic E-state index is 11.3. The molecule has 0 amide bonds. The Kier molecular flexibility index (Phi) is 1.66. The second-order valence-electron chi connectivity index (χ2n) is 4.08. The van der Waals surface area contributed by atoms with Crippen molar-refractivity contribution in [1.82, 2.24) is 0 Å². The Balaban J connectivity index is 1.92. The van der Waals surface area contributed by atoms with E-state index >= 15 is 0 Å². The summed E-state index contributed by atoms with van der Waals surface area (Å²) < 4.78 is 15.7. The Morgan fingerprint density at radius 1 is 1.50 bits per heavy atom. The molecule has 0 saturated carbocycles. The average Bonchev–Trinajstić information content (AvgIpc) is 2.77. The Bertz CT molecular complexity index is 278. The number of ether oxygens (including phenoxy) is 3. The summed E-state index contributed by atoms with van der Waals surface area (Å²) in [7, 11) is 1.55. The second-order valence-corrected chi connectivity index (χ2v) is 4.08. The van der Waals surface area contributed by atoms with E-state index in [1.54, 1.807) is 7.11 Å². The molecule has 1 N–H and O–H groups in total. The lowest BCUT2D eigenvalue weighted by atomic mass is 9.78. The summed E-state index contributed by atoms with van der Waals surface area (Å²) in [4.78, 5) is 11.3. The van der Waals surface area contributed by atoms with Gasteiger partial charge in [0.05, 0.1) is 18.6 Å². The summed E-state index contributed by atoms with van der Waals surface area (Å²) >= 11 is 0. The molecule has 3 fully saturated rings. The van der Waals surface area contributed by atoms with Crippen LogP contribution in [0, 0.1) is 11.8 Å². The van der Waals surface area contributed by atoms with Gasteiger partial charge in [0, 0.05) is 13.0 Å². The SMILES string of the molecule is CO[C@@H]1[C@H](O)[C@H]2O[C@H]1[C@H]1COC(=O)[C@H]12. The van der Waals surface area contributed by atoms with E-state index in [4.69, 9.17) is 14.2 Å². The second kappa shape index (κ2) is 2.68. The summed E-state index contributed by atoms with van der Waals surface area (Å²) in [6, 6.07) is 0. The smallest absolute Gasteiger partial charge is 0.312 e. The fourth-order valence-electron chi connectivity index (χ4n) is 2.87. The predicted molar refractivity (Wildman–Crippen MR) is 43.4 cm³/mol. The molecule has 2 bridgehead atoms. The Morgan fingerprint density at radius 2 is 2.29 bits per heavy atom. The van der Waals surface area contributed by atoms with Crippen LogP contribution in [0.5, 0.6) is 0 Å². The van der Waals surface area contributed by atoms with E-state index in [9.17, 15) is 9.90 Å². The lowest BCUT2D eigenvalue weighted by molar-refractivity contribution is -0.145. The number of hydrogen-bond donors (Lipinski definition) is 1. The van der Waals surface area contributed by atoms with Gasteiger partial charge in [-0.3, -0.25) is 4.79 Å². The summed E-state index contributed by atoms with van der Waals surface area (Å²) in [5, 5.41) is 9.79. The van der Waals surface area contributed by atoms with Crippen LogP contribution >= 0.6 is 0 Å². The molecule has 0 radical (unpaired) electrons. The third-order valence-electron chi connectivity index (χ3n) is 3.51. The van der Waals surface area contributed by atoms with Gasteiger partial charge in [-0.2, -0.15) is 0 Å². The normalized spacial score (nSPS) is 54.9. The van der Waals surface area contributed by atoms with Crippen molar-refractivity contribution in [2.24, 2.45) is 11.8 Å². The maximum absolute atomic E-state index is 11.3. The van der Waals surface area contributed by atoms with E-state index in [-0.39, 0.29) is 30.0 Å². The van der Waals surface area contributed by atoms with E-state index in [2.05, 4.69) is 0 Å². The van der Waals surface area contributed by atoms with Crippen LogP contribution in [-0.4, -0.2) is 49.2 Å². The van der Waals surface area contributed by atoms with E-state index in [1.165, 1.54) is 0 Å². The quantitative estimate of drug-likeness (QED) is 0.546. The summed E-state index contributed by atoms with van der Waals surface area (Å²) in [6.07, 6.45) is -1.62.